The summed E-state index contributed by atoms with van der Waals surface area (Å²) < 4.78 is 10.4. The summed E-state index contributed by atoms with van der Waals surface area (Å²) in [6.45, 7) is 5.16. The van der Waals surface area contributed by atoms with Gasteiger partial charge in [-0.3, -0.25) is 14.8 Å². The van der Waals surface area contributed by atoms with Crippen LogP contribution in [-0.4, -0.2) is 40.5 Å². The van der Waals surface area contributed by atoms with Gasteiger partial charge in [-0.1, -0.05) is 13.0 Å². The summed E-state index contributed by atoms with van der Waals surface area (Å²) in [6, 6.07) is 6.91. The van der Waals surface area contributed by atoms with Crippen molar-refractivity contribution in [3.8, 4) is 6.07 Å². The Balaban J connectivity index is 1.81. The number of nitrogens with zero attached hydrogens (tertiary/aromatic N) is 3. The number of esters is 2. The first-order chi connectivity index (χ1) is 15.4. The van der Waals surface area contributed by atoms with Crippen molar-refractivity contribution in [1.82, 2.24) is 9.97 Å². The molecule has 1 amide bonds. The van der Waals surface area contributed by atoms with E-state index in [0.717, 1.165) is 11.3 Å². The number of thiophene rings is 1. The number of carbonyl (C=O) groups excluding carboxylic acids is 3. The van der Waals surface area contributed by atoms with Crippen LogP contribution in [0.4, 0.5) is 5.00 Å². The Kier molecular flexibility index (Phi) is 7.12. The maximum atomic E-state index is 12.8. The molecule has 0 bridgehead atoms. The second-order valence-electron chi connectivity index (χ2n) is 6.61. The second kappa shape index (κ2) is 9.98. The summed E-state index contributed by atoms with van der Waals surface area (Å²) in [7, 11) is 0. The molecule has 9 nitrogen and oxygen atoms in total. The van der Waals surface area contributed by atoms with E-state index in [1.54, 1.807) is 39.0 Å². The lowest BCUT2D eigenvalue weighted by molar-refractivity contribution is -0.124. The van der Waals surface area contributed by atoms with E-state index in [9.17, 15) is 19.6 Å². The average molecular weight is 452 g/mol. The topological polar surface area (TPSA) is 131 Å². The van der Waals surface area contributed by atoms with Crippen molar-refractivity contribution in [2.45, 2.75) is 33.3 Å². The monoisotopic (exact) mass is 452 g/mol. The minimum absolute atomic E-state index is 0.164. The van der Waals surface area contributed by atoms with E-state index >= 15 is 0 Å². The number of anilines is 1. The van der Waals surface area contributed by atoms with E-state index in [4.69, 9.17) is 9.47 Å². The summed E-state index contributed by atoms with van der Waals surface area (Å²) in [6.07, 6.45) is 2.06. The third-order valence-corrected chi connectivity index (χ3v) is 5.77. The van der Waals surface area contributed by atoms with Crippen molar-refractivity contribution in [3.05, 3.63) is 52.2 Å². The summed E-state index contributed by atoms with van der Waals surface area (Å²) in [4.78, 5) is 46.2. The van der Waals surface area contributed by atoms with Crippen LogP contribution in [0.3, 0.4) is 0 Å². The summed E-state index contributed by atoms with van der Waals surface area (Å²) in [5.74, 6) is -1.89. The number of hydrogen-bond donors (Lipinski definition) is 1. The first-order valence-corrected chi connectivity index (χ1v) is 10.6. The molecule has 0 radical (unpaired) electrons. The number of carbonyl (C=O) groups is 3. The van der Waals surface area contributed by atoms with E-state index in [0.29, 0.717) is 16.6 Å². The van der Waals surface area contributed by atoms with Gasteiger partial charge in [0.15, 0.2) is 6.10 Å². The molecule has 0 aliphatic rings. The minimum Gasteiger partial charge on any atom is -0.462 e. The van der Waals surface area contributed by atoms with Crippen LogP contribution >= 0.6 is 11.3 Å². The fourth-order valence-corrected chi connectivity index (χ4v) is 4.05. The Morgan fingerprint density at radius 3 is 2.62 bits per heavy atom. The molecule has 164 valence electrons. The largest absolute Gasteiger partial charge is 0.462 e. The highest BCUT2D eigenvalue weighted by Crippen LogP contribution is 2.33. The van der Waals surface area contributed by atoms with Crippen molar-refractivity contribution < 1.29 is 23.9 Å². The SMILES string of the molecule is CCOC(=O)c1sc(NC(=O)C(CC)OC(=O)c2cccc3nccnc23)c(C#N)c1C. The van der Waals surface area contributed by atoms with E-state index < -0.39 is 23.9 Å². The van der Waals surface area contributed by atoms with Crippen LogP contribution in [0, 0.1) is 18.3 Å². The Hall–Kier alpha value is -3.84. The van der Waals surface area contributed by atoms with Crippen molar-refractivity contribution in [3.63, 3.8) is 0 Å². The fourth-order valence-electron chi connectivity index (χ4n) is 2.99. The summed E-state index contributed by atoms with van der Waals surface area (Å²) in [5, 5.41) is 12.3. The molecule has 1 atom stereocenters. The van der Waals surface area contributed by atoms with Crippen molar-refractivity contribution >= 4 is 45.2 Å². The maximum Gasteiger partial charge on any atom is 0.348 e. The number of amides is 1. The molecule has 0 aliphatic carbocycles. The molecule has 0 saturated carbocycles. The molecule has 0 aliphatic heterocycles. The van der Waals surface area contributed by atoms with E-state index in [1.807, 2.05) is 6.07 Å². The number of hydrogen-bond acceptors (Lipinski definition) is 9. The normalized spacial score (nSPS) is 11.4. The van der Waals surface area contributed by atoms with Crippen molar-refractivity contribution in [2.75, 3.05) is 11.9 Å². The van der Waals surface area contributed by atoms with Gasteiger partial charge in [0, 0.05) is 12.4 Å². The van der Waals surface area contributed by atoms with Crippen molar-refractivity contribution in [2.24, 2.45) is 0 Å². The van der Waals surface area contributed by atoms with Crippen LogP contribution in [0.15, 0.2) is 30.6 Å². The molecule has 0 saturated heterocycles. The van der Waals surface area contributed by atoms with Crippen LogP contribution in [0.2, 0.25) is 0 Å². The Morgan fingerprint density at radius 1 is 1.19 bits per heavy atom. The van der Waals surface area contributed by atoms with Crippen LogP contribution in [0.25, 0.3) is 11.0 Å². The first kappa shape index (κ1) is 22.8. The Morgan fingerprint density at radius 2 is 1.94 bits per heavy atom. The van der Waals surface area contributed by atoms with Crippen molar-refractivity contribution in [1.29, 1.82) is 5.26 Å². The molecule has 3 rings (SSSR count). The number of benzene rings is 1. The van der Waals surface area contributed by atoms with Crippen LogP contribution in [0.1, 0.15) is 51.4 Å². The number of para-hydroxylation sites is 1. The minimum atomic E-state index is -1.12. The number of rotatable bonds is 7. The van der Waals surface area contributed by atoms with Gasteiger partial charge in [0.1, 0.15) is 21.5 Å². The number of nitriles is 1. The molecule has 1 N–H and O–H groups in total. The molecule has 0 fully saturated rings. The Labute approximate surface area is 188 Å². The van der Waals surface area contributed by atoms with Crippen LogP contribution in [-0.2, 0) is 14.3 Å². The maximum absolute atomic E-state index is 12.8. The highest BCUT2D eigenvalue weighted by Gasteiger charge is 2.27. The van der Waals surface area contributed by atoms with Crippen LogP contribution < -0.4 is 5.32 Å². The molecule has 0 spiro atoms. The molecular formula is C22H20N4O5S. The number of fused-ring (bicyclic) bond motifs is 1. The van der Waals surface area contributed by atoms with E-state index in [-0.39, 0.29) is 34.0 Å². The zero-order valence-corrected chi connectivity index (χ0v) is 18.5. The summed E-state index contributed by atoms with van der Waals surface area (Å²) in [5.41, 5.74) is 1.67. The third-order valence-electron chi connectivity index (χ3n) is 4.59. The standard InChI is InChI=1S/C22H20N4O5S/c1-4-16(31-21(28)13-7-6-8-15-17(13)25-10-9-24-15)19(27)26-20-14(11-23)12(3)18(32-20)22(29)30-5-2/h6-10,16H,4-5H2,1-3H3,(H,26,27). The predicted octanol–water partition coefficient (Wildman–Crippen LogP) is 3.62. The molecule has 1 unspecified atom stereocenters. The highest BCUT2D eigenvalue weighted by molar-refractivity contribution is 7.18. The van der Waals surface area contributed by atoms with Gasteiger partial charge < -0.3 is 14.8 Å². The van der Waals surface area contributed by atoms with E-state index in [2.05, 4.69) is 15.3 Å². The predicted molar refractivity (Wildman–Crippen MR) is 117 cm³/mol. The zero-order chi connectivity index (χ0) is 23.3. The fraction of sp³-hybridized carbons (Fsp3) is 0.273. The smallest absolute Gasteiger partial charge is 0.348 e. The van der Waals surface area contributed by atoms with Gasteiger partial charge in [-0.05, 0) is 38.0 Å². The molecule has 32 heavy (non-hydrogen) atoms. The van der Waals surface area contributed by atoms with Gasteiger partial charge >= 0.3 is 11.9 Å². The first-order valence-electron chi connectivity index (χ1n) is 9.83. The zero-order valence-electron chi connectivity index (χ0n) is 17.7. The number of aromatic nitrogens is 2. The molecule has 2 heterocycles. The quantitative estimate of drug-likeness (QED) is 0.538. The van der Waals surface area contributed by atoms with Gasteiger partial charge in [0.05, 0.1) is 23.3 Å². The Bertz CT molecular complexity index is 1230. The highest BCUT2D eigenvalue weighted by atomic mass is 32.1. The lowest BCUT2D eigenvalue weighted by atomic mass is 10.1. The number of nitrogens with one attached hydrogen (secondary N) is 1. The average Bonchev–Trinajstić information content (AvgIpc) is 3.11. The van der Waals surface area contributed by atoms with Gasteiger partial charge in [0.2, 0.25) is 0 Å². The lowest BCUT2D eigenvalue weighted by Gasteiger charge is -2.16. The molecular weight excluding hydrogens is 432 g/mol. The van der Waals surface area contributed by atoms with Gasteiger partial charge in [0.25, 0.3) is 5.91 Å². The van der Waals surface area contributed by atoms with E-state index in [1.165, 1.54) is 12.4 Å². The molecule has 10 heteroatoms. The van der Waals surface area contributed by atoms with Gasteiger partial charge in [-0.15, -0.1) is 11.3 Å². The number of ether oxygens (including phenoxy) is 2. The van der Waals surface area contributed by atoms with Gasteiger partial charge in [-0.2, -0.15) is 5.26 Å². The van der Waals surface area contributed by atoms with Crippen LogP contribution in [0.5, 0.6) is 0 Å². The third kappa shape index (κ3) is 4.58. The molecule has 2 aromatic heterocycles. The molecule has 1 aromatic carbocycles. The lowest BCUT2D eigenvalue weighted by Crippen LogP contribution is -2.32. The van der Waals surface area contributed by atoms with Gasteiger partial charge in [-0.25, -0.2) is 9.59 Å². The second-order valence-corrected chi connectivity index (χ2v) is 7.63. The molecule has 3 aromatic rings. The summed E-state index contributed by atoms with van der Waals surface area (Å²) >= 11 is 0.944.